The molecule has 1 aromatic heterocycles. The minimum absolute atomic E-state index is 0.0401. The van der Waals surface area contributed by atoms with Crippen molar-refractivity contribution in [2.75, 3.05) is 11.9 Å². The van der Waals surface area contributed by atoms with Crippen LogP contribution in [-0.2, 0) is 17.4 Å². The lowest BCUT2D eigenvalue weighted by Gasteiger charge is -2.16. The standard InChI is InChI=1S/C21H17ClF4N2O3/c1-11(10-29)28-7-6-13-14(20(28)31)3-4-16(22)19(13)27-18(30)9-12-2-5-17(23)15(8-12)21(24,25)26/h2-8,11,29H,9-10H2,1H3,(H,27,30)/t11-/m1/s1. The number of benzene rings is 2. The molecule has 2 aromatic carbocycles. The maximum atomic E-state index is 13.4. The number of hydrogen-bond donors (Lipinski definition) is 2. The number of anilines is 1. The highest BCUT2D eigenvalue weighted by Gasteiger charge is 2.34. The summed E-state index contributed by atoms with van der Waals surface area (Å²) < 4.78 is 53.4. The number of nitrogens with zero attached hydrogens (tertiary/aromatic N) is 1. The number of pyridine rings is 1. The van der Waals surface area contributed by atoms with Gasteiger partial charge in [0.25, 0.3) is 5.56 Å². The molecule has 0 spiro atoms. The number of alkyl halides is 3. The van der Waals surface area contributed by atoms with Gasteiger partial charge in [-0.05, 0) is 42.8 Å². The molecule has 164 valence electrons. The monoisotopic (exact) mass is 456 g/mol. The van der Waals surface area contributed by atoms with Crippen LogP contribution < -0.4 is 10.9 Å². The Bertz CT molecular complexity index is 1210. The first-order chi connectivity index (χ1) is 14.5. The van der Waals surface area contributed by atoms with E-state index in [-0.39, 0.29) is 28.3 Å². The van der Waals surface area contributed by atoms with Crippen LogP contribution in [0.2, 0.25) is 5.02 Å². The summed E-state index contributed by atoms with van der Waals surface area (Å²) >= 11 is 6.18. The van der Waals surface area contributed by atoms with E-state index >= 15 is 0 Å². The van der Waals surface area contributed by atoms with E-state index in [1.54, 1.807) is 13.0 Å². The zero-order chi connectivity index (χ0) is 22.9. The van der Waals surface area contributed by atoms with Crippen LogP contribution in [0.5, 0.6) is 0 Å². The fourth-order valence-electron chi connectivity index (χ4n) is 3.14. The molecule has 0 saturated carbocycles. The van der Waals surface area contributed by atoms with Crippen molar-refractivity contribution < 1.29 is 27.5 Å². The molecule has 0 fully saturated rings. The fraction of sp³-hybridized carbons (Fsp3) is 0.238. The van der Waals surface area contributed by atoms with Crippen LogP contribution in [0.25, 0.3) is 10.8 Å². The summed E-state index contributed by atoms with van der Waals surface area (Å²) in [6.45, 7) is 1.41. The average Bonchev–Trinajstić information content (AvgIpc) is 2.70. The Morgan fingerprint density at radius 2 is 1.90 bits per heavy atom. The van der Waals surface area contributed by atoms with E-state index in [4.69, 9.17) is 11.6 Å². The van der Waals surface area contributed by atoms with Gasteiger partial charge in [-0.3, -0.25) is 9.59 Å². The highest BCUT2D eigenvalue weighted by Crippen LogP contribution is 2.33. The van der Waals surface area contributed by atoms with Crippen molar-refractivity contribution in [2.24, 2.45) is 0 Å². The maximum Gasteiger partial charge on any atom is 0.419 e. The molecule has 3 rings (SSSR count). The van der Waals surface area contributed by atoms with Crippen LogP contribution in [0.15, 0.2) is 47.4 Å². The number of amides is 1. The molecule has 0 bridgehead atoms. The van der Waals surface area contributed by atoms with Crippen LogP contribution >= 0.6 is 11.6 Å². The Labute approximate surface area is 178 Å². The van der Waals surface area contributed by atoms with Gasteiger partial charge in [0.05, 0.1) is 35.3 Å². The van der Waals surface area contributed by atoms with Crippen LogP contribution in [0.1, 0.15) is 24.1 Å². The average molecular weight is 457 g/mol. The zero-order valence-corrected chi connectivity index (χ0v) is 16.9. The number of aliphatic hydroxyl groups is 1. The van der Waals surface area contributed by atoms with E-state index in [1.807, 2.05) is 0 Å². The van der Waals surface area contributed by atoms with Crippen molar-refractivity contribution >= 4 is 34.0 Å². The van der Waals surface area contributed by atoms with Crippen LogP contribution in [-0.4, -0.2) is 22.2 Å². The summed E-state index contributed by atoms with van der Waals surface area (Å²) in [5.41, 5.74) is -1.77. The third-order valence-corrected chi connectivity index (χ3v) is 5.08. The largest absolute Gasteiger partial charge is 0.419 e. The molecule has 5 nitrogen and oxygen atoms in total. The van der Waals surface area contributed by atoms with Gasteiger partial charge in [-0.1, -0.05) is 17.7 Å². The second-order valence-corrected chi connectivity index (χ2v) is 7.39. The van der Waals surface area contributed by atoms with Gasteiger partial charge >= 0.3 is 6.18 Å². The molecule has 0 aliphatic carbocycles. The lowest BCUT2D eigenvalue weighted by molar-refractivity contribution is -0.140. The lowest BCUT2D eigenvalue weighted by atomic mass is 10.1. The third kappa shape index (κ3) is 4.72. The Morgan fingerprint density at radius 3 is 2.55 bits per heavy atom. The van der Waals surface area contributed by atoms with Crippen molar-refractivity contribution in [2.45, 2.75) is 25.6 Å². The third-order valence-electron chi connectivity index (χ3n) is 4.77. The summed E-state index contributed by atoms with van der Waals surface area (Å²) in [7, 11) is 0. The normalized spacial score (nSPS) is 12.7. The zero-order valence-electron chi connectivity index (χ0n) is 16.1. The number of nitrogens with one attached hydrogen (secondary N) is 1. The smallest absolute Gasteiger partial charge is 0.394 e. The Hall–Kier alpha value is -2.91. The highest BCUT2D eigenvalue weighted by molar-refractivity contribution is 6.35. The van der Waals surface area contributed by atoms with E-state index in [2.05, 4.69) is 5.32 Å². The summed E-state index contributed by atoms with van der Waals surface area (Å²) in [6, 6.07) is 6.29. The van der Waals surface area contributed by atoms with Gasteiger partial charge in [-0.25, -0.2) is 4.39 Å². The van der Waals surface area contributed by atoms with Gasteiger partial charge in [0.15, 0.2) is 0 Å². The molecule has 10 heteroatoms. The van der Waals surface area contributed by atoms with Gasteiger partial charge in [-0.15, -0.1) is 0 Å². The topological polar surface area (TPSA) is 71.3 Å². The summed E-state index contributed by atoms with van der Waals surface area (Å²) in [5, 5.41) is 12.5. The number of rotatable bonds is 5. The van der Waals surface area contributed by atoms with Gasteiger partial charge in [0, 0.05) is 17.0 Å². The molecular formula is C21H17ClF4N2O3. The number of halogens is 5. The molecule has 0 aliphatic heterocycles. The first-order valence-corrected chi connectivity index (χ1v) is 9.50. The number of carbonyl (C=O) groups is 1. The molecule has 0 radical (unpaired) electrons. The number of hydrogen-bond acceptors (Lipinski definition) is 3. The first kappa shape index (κ1) is 22.8. The molecule has 1 heterocycles. The van der Waals surface area contributed by atoms with Gasteiger partial charge in [0.1, 0.15) is 5.82 Å². The number of aliphatic hydroxyl groups excluding tert-OH is 1. The van der Waals surface area contributed by atoms with E-state index in [0.29, 0.717) is 17.5 Å². The molecule has 0 unspecified atom stereocenters. The predicted octanol–water partition coefficient (Wildman–Crippen LogP) is 4.55. The second-order valence-electron chi connectivity index (χ2n) is 6.98. The quantitative estimate of drug-likeness (QED) is 0.553. The fourth-order valence-corrected chi connectivity index (χ4v) is 3.36. The number of aromatic nitrogens is 1. The number of carbonyl (C=O) groups excluding carboxylic acids is 1. The molecule has 0 aliphatic rings. The number of fused-ring (bicyclic) bond motifs is 1. The second kappa shape index (κ2) is 8.68. The molecule has 1 amide bonds. The van der Waals surface area contributed by atoms with Crippen molar-refractivity contribution in [3.8, 4) is 0 Å². The molecule has 0 saturated heterocycles. The summed E-state index contributed by atoms with van der Waals surface area (Å²) in [6.07, 6.45) is -3.90. The Morgan fingerprint density at radius 1 is 1.19 bits per heavy atom. The Balaban J connectivity index is 1.93. The maximum absolute atomic E-state index is 13.4. The van der Waals surface area contributed by atoms with Crippen LogP contribution in [0.4, 0.5) is 23.2 Å². The molecular weight excluding hydrogens is 440 g/mol. The van der Waals surface area contributed by atoms with Crippen molar-refractivity contribution in [3.05, 3.63) is 74.9 Å². The van der Waals surface area contributed by atoms with Gasteiger partial charge < -0.3 is 15.0 Å². The molecule has 1 atom stereocenters. The SMILES string of the molecule is C[C@H](CO)n1ccc2c(NC(=O)Cc3ccc(F)c(C(F)(F)F)c3)c(Cl)ccc2c1=O. The minimum atomic E-state index is -4.89. The van der Waals surface area contributed by atoms with Crippen LogP contribution in [0.3, 0.4) is 0 Å². The highest BCUT2D eigenvalue weighted by atomic mass is 35.5. The van der Waals surface area contributed by atoms with E-state index < -0.39 is 41.5 Å². The van der Waals surface area contributed by atoms with E-state index in [9.17, 15) is 32.3 Å². The molecule has 3 aromatic rings. The van der Waals surface area contributed by atoms with Gasteiger partial charge in [0.2, 0.25) is 5.91 Å². The van der Waals surface area contributed by atoms with Crippen molar-refractivity contribution in [3.63, 3.8) is 0 Å². The van der Waals surface area contributed by atoms with Crippen LogP contribution in [0, 0.1) is 5.82 Å². The lowest BCUT2D eigenvalue weighted by Crippen LogP contribution is -2.25. The molecule has 31 heavy (non-hydrogen) atoms. The van der Waals surface area contributed by atoms with Gasteiger partial charge in [-0.2, -0.15) is 13.2 Å². The molecule has 2 N–H and O–H groups in total. The summed E-state index contributed by atoms with van der Waals surface area (Å²) in [5.74, 6) is -2.12. The summed E-state index contributed by atoms with van der Waals surface area (Å²) in [4.78, 5) is 25.2. The van der Waals surface area contributed by atoms with E-state index in [0.717, 1.165) is 6.07 Å². The predicted molar refractivity (Wildman–Crippen MR) is 109 cm³/mol. The minimum Gasteiger partial charge on any atom is -0.394 e. The first-order valence-electron chi connectivity index (χ1n) is 9.12. The van der Waals surface area contributed by atoms with Crippen molar-refractivity contribution in [1.29, 1.82) is 0 Å². The Kier molecular flexibility index (Phi) is 6.38. The van der Waals surface area contributed by atoms with E-state index in [1.165, 1.54) is 22.9 Å². The van der Waals surface area contributed by atoms with Crippen molar-refractivity contribution in [1.82, 2.24) is 4.57 Å².